The quantitative estimate of drug-likeness (QED) is 0.680. The van der Waals surface area contributed by atoms with E-state index in [1.807, 2.05) is 13.8 Å². The van der Waals surface area contributed by atoms with E-state index in [2.05, 4.69) is 17.6 Å². The molecule has 3 atom stereocenters. The summed E-state index contributed by atoms with van der Waals surface area (Å²) in [5.74, 6) is 0.645. The molecule has 4 N–H and O–H groups in total. The first-order valence-electron chi connectivity index (χ1n) is 7.71. The molecule has 0 spiro atoms. The minimum atomic E-state index is -0.109. The molecule has 1 rings (SSSR count). The molecule has 5 nitrogen and oxygen atoms in total. The zero-order valence-electron chi connectivity index (χ0n) is 12.9. The molecule has 3 unspecified atom stereocenters. The highest BCUT2D eigenvalue weighted by Gasteiger charge is 2.33. The van der Waals surface area contributed by atoms with Crippen LogP contribution in [0.25, 0.3) is 0 Å². The van der Waals surface area contributed by atoms with Gasteiger partial charge in [-0.2, -0.15) is 0 Å². The molecule has 0 saturated heterocycles. The Morgan fingerprint density at radius 3 is 2.55 bits per heavy atom. The van der Waals surface area contributed by atoms with Crippen LogP contribution in [-0.2, 0) is 9.59 Å². The normalized spacial score (nSPS) is 26.4. The van der Waals surface area contributed by atoms with E-state index in [0.717, 1.165) is 19.3 Å². The van der Waals surface area contributed by atoms with Crippen molar-refractivity contribution in [3.8, 4) is 0 Å². The van der Waals surface area contributed by atoms with Crippen LogP contribution in [0.5, 0.6) is 0 Å². The van der Waals surface area contributed by atoms with Gasteiger partial charge in [0.1, 0.15) is 0 Å². The summed E-state index contributed by atoms with van der Waals surface area (Å²) in [5, 5.41) is 5.69. The van der Waals surface area contributed by atoms with Crippen molar-refractivity contribution in [2.45, 2.75) is 52.5 Å². The second-order valence-electron chi connectivity index (χ2n) is 6.34. The highest BCUT2D eigenvalue weighted by Crippen LogP contribution is 2.28. The first kappa shape index (κ1) is 17.0. The number of carbonyl (C=O) groups is 2. The van der Waals surface area contributed by atoms with Crippen LogP contribution >= 0.6 is 0 Å². The summed E-state index contributed by atoms with van der Waals surface area (Å²) >= 11 is 0. The van der Waals surface area contributed by atoms with Gasteiger partial charge in [-0.25, -0.2) is 0 Å². The van der Waals surface area contributed by atoms with E-state index >= 15 is 0 Å². The molecule has 0 aromatic rings. The number of hydrogen-bond acceptors (Lipinski definition) is 3. The first-order chi connectivity index (χ1) is 9.41. The Balaban J connectivity index is 2.27. The van der Waals surface area contributed by atoms with Crippen LogP contribution in [0.1, 0.15) is 46.5 Å². The van der Waals surface area contributed by atoms with Crippen molar-refractivity contribution >= 4 is 11.8 Å². The standard InChI is InChI=1S/C15H29N3O2/c1-10(2)9-18-13(19)7-8-17-15(20)14-11(3)5-4-6-12(14)16/h10-12,14H,4-9,16H2,1-3H3,(H,17,20)(H,18,19). The van der Waals surface area contributed by atoms with E-state index in [0.29, 0.717) is 31.3 Å². The molecule has 1 saturated carbocycles. The number of nitrogens with two attached hydrogens (primary N) is 1. The topological polar surface area (TPSA) is 84.2 Å². The first-order valence-corrected chi connectivity index (χ1v) is 7.71. The maximum atomic E-state index is 12.1. The lowest BCUT2D eigenvalue weighted by Gasteiger charge is -2.33. The third kappa shape index (κ3) is 5.49. The number of hydrogen-bond donors (Lipinski definition) is 3. The van der Waals surface area contributed by atoms with Crippen molar-refractivity contribution in [3.63, 3.8) is 0 Å². The van der Waals surface area contributed by atoms with Crippen LogP contribution in [0.2, 0.25) is 0 Å². The van der Waals surface area contributed by atoms with Gasteiger partial charge >= 0.3 is 0 Å². The molecule has 116 valence electrons. The average Bonchev–Trinajstić information content (AvgIpc) is 2.36. The fourth-order valence-electron chi connectivity index (χ4n) is 2.73. The van der Waals surface area contributed by atoms with E-state index in [9.17, 15) is 9.59 Å². The Labute approximate surface area is 122 Å². The minimum Gasteiger partial charge on any atom is -0.356 e. The van der Waals surface area contributed by atoms with Gasteiger partial charge in [0.05, 0.1) is 5.92 Å². The summed E-state index contributed by atoms with van der Waals surface area (Å²) in [6.45, 7) is 7.25. The van der Waals surface area contributed by atoms with Crippen molar-refractivity contribution in [2.24, 2.45) is 23.5 Å². The predicted molar refractivity (Wildman–Crippen MR) is 80.0 cm³/mol. The molecular formula is C15H29N3O2. The number of carbonyl (C=O) groups excluding carboxylic acids is 2. The Morgan fingerprint density at radius 2 is 1.95 bits per heavy atom. The Morgan fingerprint density at radius 1 is 1.25 bits per heavy atom. The number of nitrogens with one attached hydrogen (secondary N) is 2. The van der Waals surface area contributed by atoms with Gasteiger partial charge in [0, 0.05) is 25.6 Å². The molecule has 1 aliphatic carbocycles. The molecule has 0 heterocycles. The second-order valence-corrected chi connectivity index (χ2v) is 6.34. The van der Waals surface area contributed by atoms with E-state index in [1.165, 1.54) is 0 Å². The smallest absolute Gasteiger partial charge is 0.224 e. The van der Waals surface area contributed by atoms with Gasteiger partial charge in [-0.3, -0.25) is 9.59 Å². The van der Waals surface area contributed by atoms with Gasteiger partial charge in [0.25, 0.3) is 0 Å². The molecule has 1 aliphatic rings. The number of rotatable bonds is 6. The zero-order valence-corrected chi connectivity index (χ0v) is 12.9. The predicted octanol–water partition coefficient (Wildman–Crippen LogP) is 1.03. The molecule has 0 aromatic heterocycles. The third-order valence-corrected chi connectivity index (χ3v) is 3.93. The SMILES string of the molecule is CC(C)CNC(=O)CCNC(=O)C1C(C)CCCC1N. The van der Waals surface area contributed by atoms with Crippen LogP contribution in [0.4, 0.5) is 0 Å². The van der Waals surface area contributed by atoms with Gasteiger partial charge < -0.3 is 16.4 Å². The monoisotopic (exact) mass is 283 g/mol. The summed E-state index contributed by atoms with van der Waals surface area (Å²) in [4.78, 5) is 23.7. The Kier molecular flexibility index (Phi) is 6.99. The second kappa shape index (κ2) is 8.25. The third-order valence-electron chi connectivity index (χ3n) is 3.93. The molecule has 2 amide bonds. The molecule has 0 aromatic carbocycles. The Hall–Kier alpha value is -1.10. The lowest BCUT2D eigenvalue weighted by atomic mass is 9.76. The van der Waals surface area contributed by atoms with Gasteiger partial charge in [-0.05, 0) is 24.7 Å². The summed E-state index contributed by atoms with van der Waals surface area (Å²) < 4.78 is 0. The summed E-state index contributed by atoms with van der Waals surface area (Å²) in [6, 6.07) is -0.0477. The van der Waals surface area contributed by atoms with Crippen molar-refractivity contribution in [1.82, 2.24) is 10.6 Å². The van der Waals surface area contributed by atoms with Crippen molar-refractivity contribution in [2.75, 3.05) is 13.1 Å². The fraction of sp³-hybridized carbons (Fsp3) is 0.867. The molecule has 0 aliphatic heterocycles. The molecule has 1 fully saturated rings. The highest BCUT2D eigenvalue weighted by atomic mass is 16.2. The summed E-state index contributed by atoms with van der Waals surface area (Å²) in [5.41, 5.74) is 6.04. The highest BCUT2D eigenvalue weighted by molar-refractivity contribution is 5.81. The summed E-state index contributed by atoms with van der Waals surface area (Å²) in [6.07, 6.45) is 3.40. The fourth-order valence-corrected chi connectivity index (χ4v) is 2.73. The number of amides is 2. The molecular weight excluding hydrogens is 254 g/mol. The van der Waals surface area contributed by atoms with Gasteiger partial charge in [0.2, 0.25) is 11.8 Å². The largest absolute Gasteiger partial charge is 0.356 e. The van der Waals surface area contributed by atoms with E-state index in [4.69, 9.17) is 5.73 Å². The van der Waals surface area contributed by atoms with Crippen LogP contribution in [0.15, 0.2) is 0 Å². The maximum absolute atomic E-state index is 12.1. The van der Waals surface area contributed by atoms with Crippen molar-refractivity contribution in [3.05, 3.63) is 0 Å². The zero-order chi connectivity index (χ0) is 15.1. The molecule has 20 heavy (non-hydrogen) atoms. The maximum Gasteiger partial charge on any atom is 0.224 e. The molecule has 0 radical (unpaired) electrons. The average molecular weight is 283 g/mol. The minimum absolute atomic E-state index is 0.00126. The van der Waals surface area contributed by atoms with Crippen LogP contribution < -0.4 is 16.4 Å². The van der Waals surface area contributed by atoms with Crippen LogP contribution in [0.3, 0.4) is 0 Å². The lowest BCUT2D eigenvalue weighted by molar-refractivity contribution is -0.128. The summed E-state index contributed by atoms with van der Waals surface area (Å²) in [7, 11) is 0. The molecule has 5 heteroatoms. The van der Waals surface area contributed by atoms with Gasteiger partial charge in [-0.1, -0.05) is 27.2 Å². The molecule has 0 bridgehead atoms. The van der Waals surface area contributed by atoms with Crippen LogP contribution in [-0.4, -0.2) is 30.9 Å². The van der Waals surface area contributed by atoms with Gasteiger partial charge in [0.15, 0.2) is 0 Å². The van der Waals surface area contributed by atoms with Crippen molar-refractivity contribution in [1.29, 1.82) is 0 Å². The van der Waals surface area contributed by atoms with Gasteiger partial charge in [-0.15, -0.1) is 0 Å². The Bertz CT molecular complexity index is 321. The van der Waals surface area contributed by atoms with E-state index in [-0.39, 0.29) is 23.8 Å². The van der Waals surface area contributed by atoms with E-state index < -0.39 is 0 Å². The lowest BCUT2D eigenvalue weighted by Crippen LogP contribution is -2.47. The van der Waals surface area contributed by atoms with Crippen molar-refractivity contribution < 1.29 is 9.59 Å². The van der Waals surface area contributed by atoms with E-state index in [1.54, 1.807) is 0 Å². The van der Waals surface area contributed by atoms with Crippen LogP contribution in [0, 0.1) is 17.8 Å².